The molecule has 0 saturated heterocycles. The Kier molecular flexibility index (Phi) is 2.87. The molecule has 0 spiro atoms. The topological polar surface area (TPSA) is 73.3 Å². The van der Waals surface area contributed by atoms with Gasteiger partial charge in [0.25, 0.3) is 0 Å². The van der Waals surface area contributed by atoms with Crippen LogP contribution in [0.3, 0.4) is 0 Å². The molecule has 0 aliphatic carbocycles. The van der Waals surface area contributed by atoms with E-state index in [2.05, 4.69) is 4.98 Å². The van der Waals surface area contributed by atoms with Gasteiger partial charge in [-0.25, -0.2) is 14.6 Å². The molecule has 4 aromatic rings. The zero-order valence-electron chi connectivity index (χ0n) is 12.2. The standard InChI is InChI=1S/C18H11NO4/c1-10-7-16(20)22-14-9-15-13(8-12(10)14)19-17(18(21)23-15)11-5-3-2-4-6-11/h2-9H,1H3. The lowest BCUT2D eigenvalue weighted by Crippen LogP contribution is -2.06. The van der Waals surface area contributed by atoms with Gasteiger partial charge < -0.3 is 8.83 Å². The number of nitrogens with zero attached hydrogens (tertiary/aromatic N) is 1. The first-order valence-electron chi connectivity index (χ1n) is 7.06. The second kappa shape index (κ2) is 4.91. The van der Waals surface area contributed by atoms with Crippen LogP contribution in [-0.4, -0.2) is 4.98 Å². The van der Waals surface area contributed by atoms with Crippen LogP contribution in [0.2, 0.25) is 0 Å². The van der Waals surface area contributed by atoms with Crippen LogP contribution in [0.15, 0.2) is 67.0 Å². The number of fused-ring (bicyclic) bond motifs is 2. The summed E-state index contributed by atoms with van der Waals surface area (Å²) in [7, 11) is 0. The molecule has 0 amide bonds. The normalized spacial score (nSPS) is 11.2. The summed E-state index contributed by atoms with van der Waals surface area (Å²) in [5.41, 5.74) is 1.96. The van der Waals surface area contributed by atoms with Crippen LogP contribution in [-0.2, 0) is 0 Å². The first-order chi connectivity index (χ1) is 11.1. The summed E-state index contributed by atoms with van der Waals surface area (Å²) in [6, 6.07) is 13.9. The second-order valence-corrected chi connectivity index (χ2v) is 5.28. The third-order valence-electron chi connectivity index (χ3n) is 3.71. The van der Waals surface area contributed by atoms with Crippen molar-refractivity contribution in [3.05, 3.63) is 74.9 Å². The van der Waals surface area contributed by atoms with Crippen LogP contribution in [0.25, 0.3) is 33.3 Å². The average Bonchev–Trinajstić information content (AvgIpc) is 2.53. The van der Waals surface area contributed by atoms with Crippen LogP contribution in [0.4, 0.5) is 0 Å². The van der Waals surface area contributed by atoms with E-state index in [9.17, 15) is 9.59 Å². The molecule has 0 aliphatic rings. The van der Waals surface area contributed by atoms with E-state index >= 15 is 0 Å². The Morgan fingerprint density at radius 3 is 2.48 bits per heavy atom. The van der Waals surface area contributed by atoms with Gasteiger partial charge >= 0.3 is 11.3 Å². The zero-order chi connectivity index (χ0) is 16.0. The molecule has 2 heterocycles. The maximum atomic E-state index is 12.2. The number of hydrogen-bond donors (Lipinski definition) is 0. The molecule has 2 aromatic heterocycles. The predicted octanol–water partition coefficient (Wildman–Crippen LogP) is 3.27. The minimum absolute atomic E-state index is 0.257. The molecule has 0 unspecified atom stereocenters. The van der Waals surface area contributed by atoms with Crippen molar-refractivity contribution in [2.24, 2.45) is 0 Å². The van der Waals surface area contributed by atoms with E-state index in [0.29, 0.717) is 16.7 Å². The van der Waals surface area contributed by atoms with Crippen molar-refractivity contribution < 1.29 is 8.83 Å². The molecule has 23 heavy (non-hydrogen) atoms. The number of rotatable bonds is 1. The van der Waals surface area contributed by atoms with E-state index in [1.807, 2.05) is 25.1 Å². The summed E-state index contributed by atoms with van der Waals surface area (Å²) in [5.74, 6) is 0. The molecule has 112 valence electrons. The zero-order valence-corrected chi connectivity index (χ0v) is 12.2. The van der Waals surface area contributed by atoms with Gasteiger partial charge in [-0.1, -0.05) is 30.3 Å². The second-order valence-electron chi connectivity index (χ2n) is 5.28. The number of aromatic nitrogens is 1. The van der Waals surface area contributed by atoms with Crippen molar-refractivity contribution in [3.8, 4) is 11.3 Å². The molecule has 0 fully saturated rings. The third kappa shape index (κ3) is 2.23. The van der Waals surface area contributed by atoms with Crippen LogP contribution in [0.5, 0.6) is 0 Å². The fourth-order valence-electron chi connectivity index (χ4n) is 2.60. The monoisotopic (exact) mass is 305 g/mol. The Morgan fingerprint density at radius 1 is 0.913 bits per heavy atom. The summed E-state index contributed by atoms with van der Waals surface area (Å²) >= 11 is 0. The van der Waals surface area contributed by atoms with Gasteiger partial charge in [0, 0.05) is 23.1 Å². The van der Waals surface area contributed by atoms with Crippen LogP contribution < -0.4 is 11.3 Å². The van der Waals surface area contributed by atoms with Crippen molar-refractivity contribution in [3.63, 3.8) is 0 Å². The molecule has 0 bridgehead atoms. The van der Waals surface area contributed by atoms with Gasteiger partial charge in [0.05, 0.1) is 0 Å². The largest absolute Gasteiger partial charge is 0.423 e. The Labute approximate surface area is 129 Å². The van der Waals surface area contributed by atoms with E-state index in [1.54, 1.807) is 18.2 Å². The lowest BCUT2D eigenvalue weighted by molar-refractivity contribution is 0.547. The van der Waals surface area contributed by atoms with Gasteiger partial charge in [0.1, 0.15) is 11.1 Å². The molecule has 0 N–H and O–H groups in total. The molecule has 5 nitrogen and oxygen atoms in total. The SMILES string of the molecule is Cc1cc(=O)oc2cc3oc(=O)c(-c4ccccc4)nc3cc12. The number of benzene rings is 2. The van der Waals surface area contributed by atoms with Gasteiger partial charge in [-0.2, -0.15) is 0 Å². The highest BCUT2D eigenvalue weighted by Gasteiger charge is 2.12. The first-order valence-corrected chi connectivity index (χ1v) is 7.06. The van der Waals surface area contributed by atoms with Crippen molar-refractivity contribution >= 4 is 22.1 Å². The third-order valence-corrected chi connectivity index (χ3v) is 3.71. The Bertz CT molecular complexity index is 1160. The van der Waals surface area contributed by atoms with Gasteiger partial charge in [-0.3, -0.25) is 0 Å². The van der Waals surface area contributed by atoms with Gasteiger partial charge in [0.2, 0.25) is 0 Å². The van der Waals surface area contributed by atoms with Gasteiger partial charge in [-0.05, 0) is 18.6 Å². The highest BCUT2D eigenvalue weighted by molar-refractivity contribution is 5.92. The first kappa shape index (κ1) is 13.5. The molecular weight excluding hydrogens is 294 g/mol. The number of hydrogen-bond acceptors (Lipinski definition) is 5. The Morgan fingerprint density at radius 2 is 1.70 bits per heavy atom. The Balaban J connectivity index is 2.07. The summed E-state index contributed by atoms with van der Waals surface area (Å²) in [5, 5.41) is 0.762. The van der Waals surface area contributed by atoms with Gasteiger partial charge in [0.15, 0.2) is 11.3 Å². The molecule has 4 rings (SSSR count). The van der Waals surface area contributed by atoms with Gasteiger partial charge in [-0.15, -0.1) is 0 Å². The summed E-state index contributed by atoms with van der Waals surface area (Å²) in [6.45, 7) is 1.82. The van der Waals surface area contributed by atoms with E-state index in [-0.39, 0.29) is 11.3 Å². The lowest BCUT2D eigenvalue weighted by Gasteiger charge is -2.04. The molecule has 0 atom stereocenters. The minimum atomic E-state index is -0.530. The van der Waals surface area contributed by atoms with E-state index in [0.717, 1.165) is 10.9 Å². The fraction of sp³-hybridized carbons (Fsp3) is 0.0556. The summed E-state index contributed by atoms with van der Waals surface area (Å²) in [4.78, 5) is 28.1. The highest BCUT2D eigenvalue weighted by Crippen LogP contribution is 2.24. The van der Waals surface area contributed by atoms with Crippen LogP contribution in [0.1, 0.15) is 5.56 Å². The van der Waals surface area contributed by atoms with Crippen LogP contribution >= 0.6 is 0 Å². The number of aryl methyl sites for hydroxylation is 1. The van der Waals surface area contributed by atoms with E-state index < -0.39 is 11.3 Å². The minimum Gasteiger partial charge on any atom is -0.423 e. The maximum Gasteiger partial charge on any atom is 0.363 e. The van der Waals surface area contributed by atoms with Crippen LogP contribution in [0, 0.1) is 6.92 Å². The van der Waals surface area contributed by atoms with E-state index in [4.69, 9.17) is 8.83 Å². The van der Waals surface area contributed by atoms with Crippen molar-refractivity contribution in [2.45, 2.75) is 6.92 Å². The summed E-state index contributed by atoms with van der Waals surface area (Å²) < 4.78 is 10.5. The molecule has 0 aliphatic heterocycles. The smallest absolute Gasteiger partial charge is 0.363 e. The molecular formula is C18H11NO4. The fourth-order valence-corrected chi connectivity index (χ4v) is 2.60. The molecule has 0 saturated carbocycles. The lowest BCUT2D eigenvalue weighted by atomic mass is 10.1. The van der Waals surface area contributed by atoms with Crippen molar-refractivity contribution in [2.75, 3.05) is 0 Å². The molecule has 5 heteroatoms. The van der Waals surface area contributed by atoms with Crippen molar-refractivity contribution in [1.82, 2.24) is 4.98 Å². The molecule has 0 radical (unpaired) electrons. The molecule has 2 aromatic carbocycles. The van der Waals surface area contributed by atoms with Crippen molar-refractivity contribution in [1.29, 1.82) is 0 Å². The quantitative estimate of drug-likeness (QED) is 0.398. The highest BCUT2D eigenvalue weighted by atomic mass is 16.4. The predicted molar refractivity (Wildman–Crippen MR) is 86.5 cm³/mol. The maximum absolute atomic E-state index is 12.2. The Hall–Kier alpha value is -3.21. The summed E-state index contributed by atoms with van der Waals surface area (Å²) in [6.07, 6.45) is 0. The van der Waals surface area contributed by atoms with E-state index in [1.165, 1.54) is 12.1 Å². The average molecular weight is 305 g/mol.